The summed E-state index contributed by atoms with van der Waals surface area (Å²) in [6, 6.07) is 10.0. The predicted molar refractivity (Wildman–Crippen MR) is 86.5 cm³/mol. The number of carbonyl (C=O) groups is 1. The Bertz CT molecular complexity index is 918. The van der Waals surface area contributed by atoms with Gasteiger partial charge in [-0.1, -0.05) is 12.1 Å². The topological polar surface area (TPSA) is 79.8 Å². The van der Waals surface area contributed by atoms with E-state index in [4.69, 9.17) is 0 Å². The van der Waals surface area contributed by atoms with Crippen molar-refractivity contribution in [2.24, 2.45) is 0 Å². The van der Waals surface area contributed by atoms with Crippen molar-refractivity contribution in [1.29, 1.82) is 0 Å². The van der Waals surface area contributed by atoms with Gasteiger partial charge in [-0.15, -0.1) is 0 Å². The maximum Gasteiger partial charge on any atom is 0.255 e. The zero-order valence-electron chi connectivity index (χ0n) is 12.9. The molecular weight excluding hydrogens is 311 g/mol. The summed E-state index contributed by atoms with van der Waals surface area (Å²) in [5.74, 6) is -0.912. The average Bonchev–Trinajstić information content (AvgIpc) is 3.10. The summed E-state index contributed by atoms with van der Waals surface area (Å²) in [7, 11) is 0. The molecule has 24 heavy (non-hydrogen) atoms. The Morgan fingerprint density at radius 2 is 2.04 bits per heavy atom. The summed E-state index contributed by atoms with van der Waals surface area (Å²) in [6.45, 7) is 1.80. The van der Waals surface area contributed by atoms with Crippen molar-refractivity contribution in [1.82, 2.24) is 20.1 Å². The molecule has 0 radical (unpaired) electrons. The third kappa shape index (κ3) is 3.10. The van der Waals surface area contributed by atoms with Gasteiger partial charge in [-0.25, -0.2) is 4.39 Å². The van der Waals surface area contributed by atoms with Crippen molar-refractivity contribution in [2.75, 3.05) is 0 Å². The number of rotatable bonds is 4. The normalized spacial score (nSPS) is 11.9. The van der Waals surface area contributed by atoms with Gasteiger partial charge in [0.1, 0.15) is 5.82 Å². The Labute approximate surface area is 137 Å². The molecule has 0 fully saturated rings. The number of aromatic nitrogens is 3. The van der Waals surface area contributed by atoms with Gasteiger partial charge in [-0.2, -0.15) is 5.10 Å². The minimum absolute atomic E-state index is 0.0961. The van der Waals surface area contributed by atoms with Gasteiger partial charge in [0.15, 0.2) is 0 Å². The first-order valence-corrected chi connectivity index (χ1v) is 7.34. The molecule has 1 aromatic carbocycles. The van der Waals surface area contributed by atoms with Crippen LogP contribution in [0.25, 0.3) is 5.69 Å². The predicted octanol–water partition coefficient (Wildman–Crippen LogP) is 2.19. The molecule has 3 rings (SSSR count). The van der Waals surface area contributed by atoms with Crippen LogP contribution in [0.3, 0.4) is 0 Å². The highest BCUT2D eigenvalue weighted by Crippen LogP contribution is 2.13. The quantitative estimate of drug-likeness (QED) is 0.771. The molecule has 6 nitrogen and oxygen atoms in total. The molecular formula is C17H15FN4O2. The SMILES string of the molecule is CC(NC(=O)c1ccc(=O)n(-c2ccccc2F)c1)c1ccn[nH]1. The van der Waals surface area contributed by atoms with Crippen LogP contribution in [-0.4, -0.2) is 20.7 Å². The van der Waals surface area contributed by atoms with Crippen LogP contribution in [-0.2, 0) is 0 Å². The van der Waals surface area contributed by atoms with Crippen LogP contribution in [0.1, 0.15) is 29.0 Å². The lowest BCUT2D eigenvalue weighted by molar-refractivity contribution is 0.0938. The monoisotopic (exact) mass is 326 g/mol. The molecule has 3 aromatic rings. The summed E-state index contributed by atoms with van der Waals surface area (Å²) < 4.78 is 15.0. The van der Waals surface area contributed by atoms with Gasteiger partial charge < -0.3 is 5.32 Å². The number of hydrogen-bond acceptors (Lipinski definition) is 3. The molecule has 2 heterocycles. The number of benzene rings is 1. The van der Waals surface area contributed by atoms with Gasteiger partial charge in [0, 0.05) is 18.5 Å². The van der Waals surface area contributed by atoms with Crippen molar-refractivity contribution < 1.29 is 9.18 Å². The van der Waals surface area contributed by atoms with E-state index < -0.39 is 11.4 Å². The van der Waals surface area contributed by atoms with Gasteiger partial charge in [0.2, 0.25) is 0 Å². The molecule has 0 aliphatic rings. The van der Waals surface area contributed by atoms with Crippen molar-refractivity contribution in [3.63, 3.8) is 0 Å². The van der Waals surface area contributed by atoms with Gasteiger partial charge in [0.25, 0.3) is 11.5 Å². The number of aromatic amines is 1. The summed E-state index contributed by atoms with van der Waals surface area (Å²) in [5, 5.41) is 9.41. The molecule has 2 N–H and O–H groups in total. The Kier molecular flexibility index (Phi) is 4.24. The lowest BCUT2D eigenvalue weighted by Crippen LogP contribution is -2.28. The van der Waals surface area contributed by atoms with Crippen LogP contribution in [0.5, 0.6) is 0 Å². The lowest BCUT2D eigenvalue weighted by atomic mass is 10.2. The largest absolute Gasteiger partial charge is 0.344 e. The molecule has 0 saturated heterocycles. The summed E-state index contributed by atoms with van der Waals surface area (Å²) in [4.78, 5) is 24.4. The van der Waals surface area contributed by atoms with E-state index in [1.807, 2.05) is 0 Å². The second-order valence-corrected chi connectivity index (χ2v) is 5.28. The molecule has 1 atom stereocenters. The van der Waals surface area contributed by atoms with E-state index in [1.54, 1.807) is 25.3 Å². The van der Waals surface area contributed by atoms with E-state index in [9.17, 15) is 14.0 Å². The minimum atomic E-state index is -0.539. The highest BCUT2D eigenvalue weighted by atomic mass is 19.1. The van der Waals surface area contributed by atoms with E-state index in [-0.39, 0.29) is 23.2 Å². The van der Waals surface area contributed by atoms with Crippen LogP contribution in [0.15, 0.2) is 59.7 Å². The van der Waals surface area contributed by atoms with Crippen LogP contribution < -0.4 is 10.9 Å². The van der Waals surface area contributed by atoms with Gasteiger partial charge in [0.05, 0.1) is 23.0 Å². The first-order valence-electron chi connectivity index (χ1n) is 7.34. The molecule has 0 aliphatic heterocycles. The fourth-order valence-corrected chi connectivity index (χ4v) is 2.32. The molecule has 0 bridgehead atoms. The van der Waals surface area contributed by atoms with Crippen molar-refractivity contribution in [2.45, 2.75) is 13.0 Å². The molecule has 1 amide bonds. The number of H-pyrrole nitrogens is 1. The van der Waals surface area contributed by atoms with Crippen LogP contribution in [0.2, 0.25) is 0 Å². The number of nitrogens with zero attached hydrogens (tertiary/aromatic N) is 2. The maximum absolute atomic E-state index is 13.9. The van der Waals surface area contributed by atoms with E-state index >= 15 is 0 Å². The van der Waals surface area contributed by atoms with Crippen LogP contribution in [0, 0.1) is 5.82 Å². The molecule has 1 unspecified atom stereocenters. The van der Waals surface area contributed by atoms with Gasteiger partial charge in [-0.05, 0) is 31.2 Å². The number of hydrogen-bond donors (Lipinski definition) is 2. The highest BCUT2D eigenvalue weighted by Gasteiger charge is 2.14. The van der Waals surface area contributed by atoms with E-state index in [0.29, 0.717) is 0 Å². The van der Waals surface area contributed by atoms with Gasteiger partial charge >= 0.3 is 0 Å². The molecule has 0 spiro atoms. The van der Waals surface area contributed by atoms with Crippen molar-refractivity contribution in [3.8, 4) is 5.69 Å². The Morgan fingerprint density at radius 3 is 2.75 bits per heavy atom. The zero-order chi connectivity index (χ0) is 17.1. The number of amides is 1. The first kappa shape index (κ1) is 15.7. The molecule has 122 valence electrons. The van der Waals surface area contributed by atoms with Crippen LogP contribution in [0.4, 0.5) is 4.39 Å². The summed E-state index contributed by atoms with van der Waals surface area (Å²) in [5.41, 5.74) is 0.687. The van der Waals surface area contributed by atoms with E-state index in [1.165, 1.54) is 36.5 Å². The van der Waals surface area contributed by atoms with E-state index in [2.05, 4.69) is 15.5 Å². The number of nitrogens with one attached hydrogen (secondary N) is 2. The second-order valence-electron chi connectivity index (χ2n) is 5.28. The lowest BCUT2D eigenvalue weighted by Gasteiger charge is -2.13. The Balaban J connectivity index is 1.90. The molecule has 0 aliphatic carbocycles. The summed E-state index contributed by atoms with van der Waals surface area (Å²) in [6.07, 6.45) is 2.92. The van der Waals surface area contributed by atoms with Gasteiger partial charge in [-0.3, -0.25) is 19.3 Å². The summed E-state index contributed by atoms with van der Waals surface area (Å²) >= 11 is 0. The Hall–Kier alpha value is -3.22. The van der Waals surface area contributed by atoms with Crippen molar-refractivity contribution in [3.05, 3.63) is 82.3 Å². The number of carbonyl (C=O) groups excluding carboxylic acids is 1. The third-order valence-electron chi connectivity index (χ3n) is 3.62. The van der Waals surface area contributed by atoms with Crippen LogP contribution >= 0.6 is 0 Å². The first-order chi connectivity index (χ1) is 11.6. The smallest absolute Gasteiger partial charge is 0.255 e. The zero-order valence-corrected chi connectivity index (χ0v) is 12.9. The third-order valence-corrected chi connectivity index (χ3v) is 3.62. The standard InChI is InChI=1S/C17H15FN4O2/c1-11(14-8-9-19-21-14)20-17(24)12-6-7-16(23)22(10-12)15-5-3-2-4-13(15)18/h2-11H,1H3,(H,19,21)(H,20,24). The molecule has 2 aromatic heterocycles. The van der Waals surface area contributed by atoms with Crippen molar-refractivity contribution >= 4 is 5.91 Å². The average molecular weight is 326 g/mol. The number of para-hydroxylation sites is 1. The number of halogens is 1. The minimum Gasteiger partial charge on any atom is -0.344 e. The fraction of sp³-hybridized carbons (Fsp3) is 0.118. The maximum atomic E-state index is 13.9. The Morgan fingerprint density at radius 1 is 1.25 bits per heavy atom. The van der Waals surface area contributed by atoms with E-state index in [0.717, 1.165) is 10.3 Å². The highest BCUT2D eigenvalue weighted by molar-refractivity contribution is 5.94. The molecule has 7 heteroatoms. The fourth-order valence-electron chi connectivity index (χ4n) is 2.32. The number of pyridine rings is 1. The molecule has 0 saturated carbocycles. The second kappa shape index (κ2) is 6.49.